The maximum Gasteiger partial charge on any atom is 0.320 e. The number of carbonyl (C=O) groups excluding carboxylic acids is 1. The van der Waals surface area contributed by atoms with Crippen molar-refractivity contribution in [1.82, 2.24) is 20.7 Å². The van der Waals surface area contributed by atoms with Crippen LogP contribution in [0.15, 0.2) is 23.0 Å². The first-order valence-electron chi connectivity index (χ1n) is 5.76. The molecule has 2 aromatic rings. The molecule has 0 saturated carbocycles. The number of nitrogens with one attached hydrogen (secondary N) is 3. The molecule has 0 aliphatic heterocycles. The number of urea groups is 1. The molecule has 0 aliphatic rings. The highest BCUT2D eigenvalue weighted by Crippen LogP contribution is 2.08. The van der Waals surface area contributed by atoms with E-state index in [2.05, 4.69) is 26.0 Å². The molecule has 0 radical (unpaired) electrons. The SMILES string of the molecule is CCc1cc(NC(=O)NCCc2cn[nH]c2)no1. The maximum atomic E-state index is 11.5. The molecule has 0 aromatic carbocycles. The first kappa shape index (κ1) is 12.2. The summed E-state index contributed by atoms with van der Waals surface area (Å²) in [5.74, 6) is 1.16. The van der Waals surface area contributed by atoms with Crippen LogP contribution in [-0.4, -0.2) is 27.9 Å². The van der Waals surface area contributed by atoms with Crippen molar-refractivity contribution in [3.63, 3.8) is 0 Å². The lowest BCUT2D eigenvalue weighted by Gasteiger charge is -2.03. The molecule has 2 rings (SSSR count). The average molecular weight is 249 g/mol. The normalized spacial score (nSPS) is 10.3. The molecule has 0 saturated heterocycles. The molecule has 2 aromatic heterocycles. The first-order valence-corrected chi connectivity index (χ1v) is 5.76. The second-order valence-corrected chi connectivity index (χ2v) is 3.77. The Hall–Kier alpha value is -2.31. The summed E-state index contributed by atoms with van der Waals surface area (Å²) in [6, 6.07) is 1.41. The number of nitrogens with zero attached hydrogens (tertiary/aromatic N) is 2. The highest BCUT2D eigenvalue weighted by molar-refractivity contribution is 5.88. The summed E-state index contributed by atoms with van der Waals surface area (Å²) in [7, 11) is 0. The van der Waals surface area contributed by atoms with Crippen molar-refractivity contribution in [3.8, 4) is 0 Å². The van der Waals surface area contributed by atoms with Crippen molar-refractivity contribution in [1.29, 1.82) is 0 Å². The third-order valence-electron chi connectivity index (χ3n) is 2.40. The van der Waals surface area contributed by atoms with Gasteiger partial charge >= 0.3 is 6.03 Å². The fourth-order valence-corrected chi connectivity index (χ4v) is 1.43. The molecule has 0 unspecified atom stereocenters. The van der Waals surface area contributed by atoms with Gasteiger partial charge in [-0.3, -0.25) is 10.4 Å². The number of carbonyl (C=O) groups is 1. The van der Waals surface area contributed by atoms with Crippen LogP contribution in [0, 0.1) is 0 Å². The number of anilines is 1. The molecule has 0 spiro atoms. The topological polar surface area (TPSA) is 95.8 Å². The van der Waals surface area contributed by atoms with Crippen molar-refractivity contribution in [2.45, 2.75) is 19.8 Å². The van der Waals surface area contributed by atoms with Crippen LogP contribution in [0.2, 0.25) is 0 Å². The smallest absolute Gasteiger partial charge is 0.320 e. The minimum absolute atomic E-state index is 0.297. The third-order valence-corrected chi connectivity index (χ3v) is 2.40. The van der Waals surface area contributed by atoms with E-state index in [-0.39, 0.29) is 6.03 Å². The van der Waals surface area contributed by atoms with Crippen LogP contribution in [0.5, 0.6) is 0 Å². The Bertz CT molecular complexity index is 491. The van der Waals surface area contributed by atoms with E-state index in [0.717, 1.165) is 24.2 Å². The molecule has 0 bridgehead atoms. The number of hydrogen-bond acceptors (Lipinski definition) is 4. The van der Waals surface area contributed by atoms with E-state index in [1.807, 2.05) is 6.92 Å². The number of amides is 2. The monoisotopic (exact) mass is 249 g/mol. The number of rotatable bonds is 5. The van der Waals surface area contributed by atoms with Crippen molar-refractivity contribution in [2.24, 2.45) is 0 Å². The fourth-order valence-electron chi connectivity index (χ4n) is 1.43. The number of aromatic nitrogens is 3. The van der Waals surface area contributed by atoms with Gasteiger partial charge in [-0.1, -0.05) is 12.1 Å². The molecule has 2 heterocycles. The van der Waals surface area contributed by atoms with Crippen LogP contribution >= 0.6 is 0 Å². The summed E-state index contributed by atoms with van der Waals surface area (Å²) in [5, 5.41) is 15.6. The summed E-state index contributed by atoms with van der Waals surface area (Å²) in [4.78, 5) is 11.5. The molecular formula is C11H15N5O2. The second kappa shape index (κ2) is 5.85. The van der Waals surface area contributed by atoms with Crippen LogP contribution in [0.1, 0.15) is 18.2 Å². The fraction of sp³-hybridized carbons (Fsp3) is 0.364. The van der Waals surface area contributed by atoms with Gasteiger partial charge in [0, 0.05) is 25.2 Å². The molecule has 0 atom stereocenters. The van der Waals surface area contributed by atoms with Gasteiger partial charge in [0.15, 0.2) is 5.82 Å². The Kier molecular flexibility index (Phi) is 3.95. The lowest BCUT2D eigenvalue weighted by atomic mass is 10.2. The molecule has 7 heteroatoms. The van der Waals surface area contributed by atoms with E-state index in [4.69, 9.17) is 4.52 Å². The quantitative estimate of drug-likeness (QED) is 0.744. The summed E-state index contributed by atoms with van der Waals surface area (Å²) in [6.07, 6.45) is 5.00. The Morgan fingerprint density at radius 1 is 1.56 bits per heavy atom. The van der Waals surface area contributed by atoms with E-state index in [0.29, 0.717) is 12.4 Å². The van der Waals surface area contributed by atoms with E-state index in [9.17, 15) is 4.79 Å². The van der Waals surface area contributed by atoms with Gasteiger partial charge in [-0.15, -0.1) is 0 Å². The highest BCUT2D eigenvalue weighted by Gasteiger charge is 2.06. The van der Waals surface area contributed by atoms with Crippen molar-refractivity contribution >= 4 is 11.8 Å². The van der Waals surface area contributed by atoms with Crippen LogP contribution in [0.4, 0.5) is 10.6 Å². The van der Waals surface area contributed by atoms with Crippen LogP contribution in [0.3, 0.4) is 0 Å². The molecule has 0 fully saturated rings. The lowest BCUT2D eigenvalue weighted by Crippen LogP contribution is -2.30. The number of aromatic amines is 1. The van der Waals surface area contributed by atoms with Crippen molar-refractivity contribution in [3.05, 3.63) is 29.8 Å². The Morgan fingerprint density at radius 2 is 2.44 bits per heavy atom. The number of hydrogen-bond donors (Lipinski definition) is 3. The molecular weight excluding hydrogens is 234 g/mol. The summed E-state index contributed by atoms with van der Waals surface area (Å²) >= 11 is 0. The minimum Gasteiger partial charge on any atom is -0.359 e. The minimum atomic E-state index is -0.297. The lowest BCUT2D eigenvalue weighted by molar-refractivity contribution is 0.252. The predicted octanol–water partition coefficient (Wildman–Crippen LogP) is 1.32. The molecule has 7 nitrogen and oxygen atoms in total. The largest absolute Gasteiger partial charge is 0.359 e. The number of H-pyrrole nitrogens is 1. The zero-order valence-corrected chi connectivity index (χ0v) is 10.1. The van der Waals surface area contributed by atoms with Gasteiger partial charge in [-0.05, 0) is 12.0 Å². The van der Waals surface area contributed by atoms with Crippen LogP contribution in [-0.2, 0) is 12.8 Å². The Labute approximate surface area is 104 Å². The second-order valence-electron chi connectivity index (χ2n) is 3.77. The number of aryl methyl sites for hydroxylation is 1. The van der Waals surface area contributed by atoms with Gasteiger partial charge in [0.05, 0.1) is 6.20 Å². The zero-order valence-electron chi connectivity index (χ0n) is 10.1. The first-order chi connectivity index (χ1) is 8.78. The zero-order chi connectivity index (χ0) is 12.8. The molecule has 2 amide bonds. The molecule has 18 heavy (non-hydrogen) atoms. The summed E-state index contributed by atoms with van der Waals surface area (Å²) in [5.41, 5.74) is 1.05. The van der Waals surface area contributed by atoms with Gasteiger partial charge in [-0.25, -0.2) is 4.79 Å². The van der Waals surface area contributed by atoms with Gasteiger partial charge in [0.25, 0.3) is 0 Å². The van der Waals surface area contributed by atoms with Gasteiger partial charge in [0.1, 0.15) is 5.76 Å². The summed E-state index contributed by atoms with van der Waals surface area (Å²) < 4.78 is 4.97. The Balaban J connectivity index is 1.71. The van der Waals surface area contributed by atoms with E-state index in [1.165, 1.54) is 0 Å². The molecule has 3 N–H and O–H groups in total. The average Bonchev–Trinajstić information content (AvgIpc) is 3.00. The van der Waals surface area contributed by atoms with E-state index in [1.54, 1.807) is 18.5 Å². The van der Waals surface area contributed by atoms with E-state index < -0.39 is 0 Å². The standard InChI is InChI=1S/C11H15N5O2/c1-2-9-5-10(16-18-9)15-11(17)12-4-3-8-6-13-14-7-8/h5-7H,2-4H2,1H3,(H,13,14)(H2,12,15,16,17). The Morgan fingerprint density at radius 3 is 3.11 bits per heavy atom. The molecule has 0 aliphatic carbocycles. The molecule has 96 valence electrons. The third kappa shape index (κ3) is 3.34. The maximum absolute atomic E-state index is 11.5. The van der Waals surface area contributed by atoms with Crippen LogP contribution < -0.4 is 10.6 Å². The highest BCUT2D eigenvalue weighted by atomic mass is 16.5. The van der Waals surface area contributed by atoms with E-state index >= 15 is 0 Å². The van der Waals surface area contributed by atoms with Gasteiger partial charge in [0.2, 0.25) is 0 Å². The van der Waals surface area contributed by atoms with Gasteiger partial charge < -0.3 is 9.84 Å². The predicted molar refractivity (Wildman–Crippen MR) is 65.2 cm³/mol. The van der Waals surface area contributed by atoms with Crippen LogP contribution in [0.25, 0.3) is 0 Å². The van der Waals surface area contributed by atoms with Crippen molar-refractivity contribution in [2.75, 3.05) is 11.9 Å². The summed E-state index contributed by atoms with van der Waals surface area (Å²) in [6.45, 7) is 2.49. The van der Waals surface area contributed by atoms with Crippen molar-refractivity contribution < 1.29 is 9.32 Å². The van der Waals surface area contributed by atoms with Gasteiger partial charge in [-0.2, -0.15) is 5.10 Å².